The fourth-order valence-electron chi connectivity index (χ4n) is 4.49. The molecule has 0 saturated carbocycles. The molecule has 0 amide bonds. The number of para-hydroxylation sites is 1. The minimum atomic E-state index is -0.860. The van der Waals surface area contributed by atoms with E-state index in [1.165, 1.54) is 18.0 Å². The first-order valence-electron chi connectivity index (χ1n) is 13.2. The third-order valence-corrected chi connectivity index (χ3v) is 6.66. The zero-order chi connectivity index (χ0) is 29.8. The average molecular weight is 586 g/mol. The van der Waals surface area contributed by atoms with Gasteiger partial charge < -0.3 is 18.6 Å². The molecule has 2 aromatic heterocycles. The lowest BCUT2D eigenvalue weighted by molar-refractivity contribution is -0.147. The van der Waals surface area contributed by atoms with Crippen LogP contribution in [-0.2, 0) is 16.0 Å². The highest BCUT2D eigenvalue weighted by Gasteiger charge is 2.21. The molecule has 0 spiro atoms. The molecule has 0 aliphatic carbocycles. The minimum absolute atomic E-state index is 0.227. The number of methoxy groups -OCH3 is 1. The molecule has 9 nitrogen and oxygen atoms in total. The first-order chi connectivity index (χ1) is 20.3. The van der Waals surface area contributed by atoms with E-state index in [2.05, 4.69) is 11.7 Å². The van der Waals surface area contributed by atoms with Crippen LogP contribution >= 0.6 is 11.6 Å². The molecular formula is C32H28ClN3O6. The summed E-state index contributed by atoms with van der Waals surface area (Å²) in [6.45, 7) is 7.63. The number of hydrogen-bond donors (Lipinski definition) is 0. The molecule has 0 unspecified atom stereocenters. The maximum atomic E-state index is 13.7. The van der Waals surface area contributed by atoms with Crippen LogP contribution in [0, 0.1) is 0 Å². The fourth-order valence-corrected chi connectivity index (χ4v) is 4.67. The minimum Gasteiger partial charge on any atom is -0.490 e. The summed E-state index contributed by atoms with van der Waals surface area (Å²) in [7, 11) is 1.30. The highest BCUT2D eigenvalue weighted by Crippen LogP contribution is 2.35. The number of hydrogen-bond acceptors (Lipinski definition) is 8. The Morgan fingerprint density at radius 1 is 1.19 bits per heavy atom. The molecular weight excluding hydrogens is 558 g/mol. The summed E-state index contributed by atoms with van der Waals surface area (Å²) in [5, 5.41) is 6.29. The molecule has 0 bridgehead atoms. The number of furan rings is 1. The van der Waals surface area contributed by atoms with Crippen molar-refractivity contribution in [1.82, 2.24) is 9.66 Å². The second kappa shape index (κ2) is 12.3. The molecule has 42 heavy (non-hydrogen) atoms. The Balaban J connectivity index is 1.64. The van der Waals surface area contributed by atoms with Crippen LogP contribution < -0.4 is 15.0 Å². The van der Waals surface area contributed by atoms with Crippen molar-refractivity contribution < 1.29 is 23.4 Å². The van der Waals surface area contributed by atoms with Gasteiger partial charge in [-0.15, -0.1) is 6.58 Å². The van der Waals surface area contributed by atoms with Gasteiger partial charge in [0, 0.05) is 16.0 Å². The van der Waals surface area contributed by atoms with E-state index in [1.54, 1.807) is 61.5 Å². The topological polar surface area (TPSA) is 105 Å². The van der Waals surface area contributed by atoms with Crippen molar-refractivity contribution in [1.29, 1.82) is 0 Å². The Morgan fingerprint density at radius 3 is 2.76 bits per heavy atom. The van der Waals surface area contributed by atoms with Gasteiger partial charge in [0.25, 0.3) is 5.56 Å². The molecule has 10 heteroatoms. The second-order valence-electron chi connectivity index (χ2n) is 9.32. The van der Waals surface area contributed by atoms with Crippen LogP contribution in [0.1, 0.15) is 25.0 Å². The monoisotopic (exact) mass is 585 g/mol. The third-order valence-electron chi connectivity index (χ3n) is 6.42. The Morgan fingerprint density at radius 2 is 2.00 bits per heavy atom. The highest BCUT2D eigenvalue weighted by atomic mass is 35.5. The van der Waals surface area contributed by atoms with Gasteiger partial charge in [0.15, 0.2) is 23.4 Å². The number of aromatic nitrogens is 2. The molecule has 0 aliphatic heterocycles. The number of halogens is 1. The first kappa shape index (κ1) is 28.6. The fraction of sp³-hybridized carbons (Fsp3) is 0.188. The standard InChI is InChI=1S/C32H28ClN3O6/c1-5-9-21-14-20(15-27(40-6-2)29(21)41-19(3)32(38)39-4)18-34-36-30(35-25-11-8-7-10-24(25)31(36)37)28-17-22-16-23(33)12-13-26(22)42-28/h5,7-8,10-19H,1,6,9H2,2-4H3/t19-/m1/s1. The van der Waals surface area contributed by atoms with Crippen LogP contribution in [0.15, 0.2) is 87.6 Å². The predicted molar refractivity (Wildman–Crippen MR) is 163 cm³/mol. The van der Waals surface area contributed by atoms with Crippen LogP contribution in [-0.4, -0.2) is 41.7 Å². The predicted octanol–water partition coefficient (Wildman–Crippen LogP) is 6.41. The number of ether oxygens (including phenoxy) is 3. The van der Waals surface area contributed by atoms with Crippen LogP contribution in [0.2, 0.25) is 5.02 Å². The average Bonchev–Trinajstić information content (AvgIpc) is 3.41. The summed E-state index contributed by atoms with van der Waals surface area (Å²) >= 11 is 6.17. The van der Waals surface area contributed by atoms with E-state index >= 15 is 0 Å². The normalized spacial score (nSPS) is 12.1. The van der Waals surface area contributed by atoms with Crippen molar-refractivity contribution in [2.45, 2.75) is 26.4 Å². The van der Waals surface area contributed by atoms with Crippen molar-refractivity contribution in [2.24, 2.45) is 5.10 Å². The van der Waals surface area contributed by atoms with E-state index in [0.717, 1.165) is 5.39 Å². The van der Waals surface area contributed by atoms with Gasteiger partial charge in [-0.1, -0.05) is 29.8 Å². The van der Waals surface area contributed by atoms with E-state index in [-0.39, 0.29) is 11.4 Å². The number of fused-ring (bicyclic) bond motifs is 2. The lowest BCUT2D eigenvalue weighted by Gasteiger charge is -2.19. The maximum absolute atomic E-state index is 13.7. The van der Waals surface area contributed by atoms with Crippen molar-refractivity contribution in [2.75, 3.05) is 13.7 Å². The van der Waals surface area contributed by atoms with Gasteiger partial charge in [0.05, 0.1) is 30.8 Å². The van der Waals surface area contributed by atoms with E-state index in [4.69, 9.17) is 35.2 Å². The van der Waals surface area contributed by atoms with Crippen LogP contribution in [0.4, 0.5) is 0 Å². The van der Waals surface area contributed by atoms with Gasteiger partial charge in [-0.3, -0.25) is 4.79 Å². The number of benzene rings is 3. The van der Waals surface area contributed by atoms with Crippen molar-refractivity contribution >= 4 is 45.7 Å². The molecule has 3 aromatic carbocycles. The summed E-state index contributed by atoms with van der Waals surface area (Å²) < 4.78 is 23.9. The van der Waals surface area contributed by atoms with Gasteiger partial charge in [-0.05, 0) is 74.4 Å². The lowest BCUT2D eigenvalue weighted by Crippen LogP contribution is -2.25. The Hall–Kier alpha value is -4.89. The number of nitrogens with zero attached hydrogens (tertiary/aromatic N) is 3. The van der Waals surface area contributed by atoms with E-state index < -0.39 is 12.1 Å². The van der Waals surface area contributed by atoms with E-state index in [0.29, 0.717) is 62.9 Å². The Kier molecular flexibility index (Phi) is 8.40. The summed E-state index contributed by atoms with van der Waals surface area (Å²) in [5.74, 6) is 0.877. The smallest absolute Gasteiger partial charge is 0.346 e. The molecule has 2 heterocycles. The number of carbonyl (C=O) groups excluding carboxylic acids is 1. The lowest BCUT2D eigenvalue weighted by atomic mass is 10.1. The quantitative estimate of drug-likeness (QED) is 0.106. The van der Waals surface area contributed by atoms with Gasteiger partial charge in [0.2, 0.25) is 5.82 Å². The second-order valence-corrected chi connectivity index (χ2v) is 9.76. The molecule has 0 radical (unpaired) electrons. The summed E-state index contributed by atoms with van der Waals surface area (Å²) in [6.07, 6.45) is 2.81. The third kappa shape index (κ3) is 5.77. The zero-order valence-corrected chi connectivity index (χ0v) is 24.1. The van der Waals surface area contributed by atoms with Gasteiger partial charge >= 0.3 is 5.97 Å². The summed E-state index contributed by atoms with van der Waals surface area (Å²) in [4.78, 5) is 30.4. The van der Waals surface area contributed by atoms with Gasteiger partial charge in [-0.2, -0.15) is 9.78 Å². The molecule has 214 valence electrons. The zero-order valence-electron chi connectivity index (χ0n) is 23.3. The first-order valence-corrected chi connectivity index (χ1v) is 13.6. The van der Waals surface area contributed by atoms with Crippen LogP contribution in [0.5, 0.6) is 11.5 Å². The maximum Gasteiger partial charge on any atom is 0.346 e. The molecule has 0 fully saturated rings. The molecule has 0 saturated heterocycles. The highest BCUT2D eigenvalue weighted by molar-refractivity contribution is 6.31. The van der Waals surface area contributed by atoms with Gasteiger partial charge in [0.1, 0.15) is 5.58 Å². The number of carbonyl (C=O) groups is 1. The summed E-state index contributed by atoms with van der Waals surface area (Å²) in [5.41, 5.74) is 2.07. The van der Waals surface area contributed by atoms with E-state index in [9.17, 15) is 9.59 Å². The number of allylic oxidation sites excluding steroid dienone is 1. The Bertz CT molecular complexity index is 1890. The molecule has 5 aromatic rings. The summed E-state index contributed by atoms with van der Waals surface area (Å²) in [6, 6.07) is 17.6. The number of esters is 1. The molecule has 0 N–H and O–H groups in total. The SMILES string of the molecule is C=CCc1cc(C=Nn2c(-c3cc4cc(Cl)ccc4o3)nc3ccccc3c2=O)cc(OCC)c1O[C@H](C)C(=O)OC. The van der Waals surface area contributed by atoms with Crippen molar-refractivity contribution in [3.05, 3.63) is 99.8 Å². The Labute approximate surface area is 246 Å². The van der Waals surface area contributed by atoms with Crippen LogP contribution in [0.25, 0.3) is 33.5 Å². The van der Waals surface area contributed by atoms with E-state index in [1.807, 2.05) is 19.1 Å². The van der Waals surface area contributed by atoms with Crippen molar-refractivity contribution in [3.63, 3.8) is 0 Å². The van der Waals surface area contributed by atoms with Crippen molar-refractivity contribution in [3.8, 4) is 23.1 Å². The van der Waals surface area contributed by atoms with Crippen LogP contribution in [0.3, 0.4) is 0 Å². The largest absolute Gasteiger partial charge is 0.490 e. The molecule has 5 rings (SSSR count). The van der Waals surface area contributed by atoms with Gasteiger partial charge in [-0.25, -0.2) is 9.78 Å². The molecule has 1 atom stereocenters. The molecule has 0 aliphatic rings. The number of rotatable bonds is 10.